The monoisotopic (exact) mass is 339 g/mol. The van der Waals surface area contributed by atoms with Crippen LogP contribution in [0.3, 0.4) is 0 Å². The van der Waals surface area contributed by atoms with E-state index in [-0.39, 0.29) is 6.04 Å². The summed E-state index contributed by atoms with van der Waals surface area (Å²) in [7, 11) is 1.67. The van der Waals surface area contributed by atoms with Crippen molar-refractivity contribution < 1.29 is 4.74 Å². The van der Waals surface area contributed by atoms with Gasteiger partial charge in [0.1, 0.15) is 5.75 Å². The average molecular weight is 341 g/mol. The molecule has 0 spiro atoms. The normalized spacial score (nSPS) is 12.0. The second-order valence-electron chi connectivity index (χ2n) is 4.27. The number of benzene rings is 2. The molecule has 2 aromatic carbocycles. The molecule has 0 aromatic heterocycles. The maximum absolute atomic E-state index is 6.08. The SMILES string of the molecule is COc1ccc(C(C)Nc2ccc(Br)c(Cl)c2)cc1. The Hall–Kier alpha value is -1.19. The lowest BCUT2D eigenvalue weighted by atomic mass is 10.1. The Morgan fingerprint density at radius 3 is 2.42 bits per heavy atom. The Balaban J connectivity index is 2.10. The maximum atomic E-state index is 6.08. The van der Waals surface area contributed by atoms with E-state index in [2.05, 4.69) is 40.3 Å². The predicted molar refractivity (Wildman–Crippen MR) is 84.2 cm³/mol. The molecule has 4 heteroatoms. The van der Waals surface area contributed by atoms with E-state index >= 15 is 0 Å². The molecular weight excluding hydrogens is 326 g/mol. The highest BCUT2D eigenvalue weighted by atomic mass is 79.9. The molecule has 0 radical (unpaired) electrons. The summed E-state index contributed by atoms with van der Waals surface area (Å²) in [5, 5.41) is 4.12. The summed E-state index contributed by atoms with van der Waals surface area (Å²) in [6.07, 6.45) is 0. The number of hydrogen-bond acceptors (Lipinski definition) is 2. The summed E-state index contributed by atoms with van der Waals surface area (Å²) in [4.78, 5) is 0. The van der Waals surface area contributed by atoms with Crippen molar-refractivity contribution in [1.29, 1.82) is 0 Å². The van der Waals surface area contributed by atoms with Crippen LogP contribution in [0.1, 0.15) is 18.5 Å². The Kier molecular flexibility index (Phi) is 4.72. The lowest BCUT2D eigenvalue weighted by Gasteiger charge is -2.16. The zero-order valence-corrected chi connectivity index (χ0v) is 13.1. The van der Waals surface area contributed by atoms with E-state index in [9.17, 15) is 0 Å². The molecule has 0 fully saturated rings. The van der Waals surface area contributed by atoms with Crippen molar-refractivity contribution in [2.24, 2.45) is 0 Å². The van der Waals surface area contributed by atoms with Gasteiger partial charge >= 0.3 is 0 Å². The van der Waals surface area contributed by atoms with Crippen LogP contribution in [-0.2, 0) is 0 Å². The van der Waals surface area contributed by atoms with Crippen molar-refractivity contribution >= 4 is 33.2 Å². The van der Waals surface area contributed by atoms with Crippen molar-refractivity contribution in [3.8, 4) is 5.75 Å². The topological polar surface area (TPSA) is 21.3 Å². The van der Waals surface area contributed by atoms with Crippen molar-refractivity contribution in [1.82, 2.24) is 0 Å². The highest BCUT2D eigenvalue weighted by molar-refractivity contribution is 9.10. The van der Waals surface area contributed by atoms with E-state index in [0.29, 0.717) is 5.02 Å². The molecule has 2 aromatic rings. The minimum atomic E-state index is 0.197. The molecule has 19 heavy (non-hydrogen) atoms. The number of anilines is 1. The molecule has 0 heterocycles. The van der Waals surface area contributed by atoms with Gasteiger partial charge in [0.25, 0.3) is 0 Å². The Bertz CT molecular complexity index is 557. The quantitative estimate of drug-likeness (QED) is 0.817. The number of halogens is 2. The van der Waals surface area contributed by atoms with E-state index in [1.165, 1.54) is 5.56 Å². The summed E-state index contributed by atoms with van der Waals surface area (Å²) in [5.74, 6) is 0.864. The number of hydrogen-bond donors (Lipinski definition) is 1. The fraction of sp³-hybridized carbons (Fsp3) is 0.200. The molecule has 0 amide bonds. The zero-order valence-electron chi connectivity index (χ0n) is 10.8. The molecule has 1 unspecified atom stereocenters. The summed E-state index contributed by atoms with van der Waals surface area (Å²) >= 11 is 9.46. The summed E-state index contributed by atoms with van der Waals surface area (Å²) in [6, 6.07) is 14.1. The minimum absolute atomic E-state index is 0.197. The van der Waals surface area contributed by atoms with Gasteiger partial charge < -0.3 is 10.1 Å². The second kappa shape index (κ2) is 6.31. The van der Waals surface area contributed by atoms with Crippen LogP contribution in [0.25, 0.3) is 0 Å². The number of ether oxygens (including phenoxy) is 1. The van der Waals surface area contributed by atoms with Crippen LogP contribution in [0.4, 0.5) is 5.69 Å². The van der Waals surface area contributed by atoms with Crippen molar-refractivity contribution in [2.45, 2.75) is 13.0 Å². The molecule has 1 N–H and O–H groups in total. The standard InChI is InChI=1S/C15H15BrClNO/c1-10(11-3-6-13(19-2)7-4-11)18-12-5-8-14(16)15(17)9-12/h3-10,18H,1-2H3. The third kappa shape index (κ3) is 3.64. The highest BCUT2D eigenvalue weighted by Gasteiger charge is 2.06. The van der Waals surface area contributed by atoms with Gasteiger partial charge in [-0.15, -0.1) is 0 Å². The van der Waals surface area contributed by atoms with Crippen molar-refractivity contribution in [3.63, 3.8) is 0 Å². The molecule has 2 nitrogen and oxygen atoms in total. The summed E-state index contributed by atoms with van der Waals surface area (Å²) in [5.41, 5.74) is 2.19. The Labute approximate surface area is 126 Å². The van der Waals surface area contributed by atoms with Gasteiger partial charge in [0, 0.05) is 16.2 Å². The van der Waals surface area contributed by atoms with Gasteiger partial charge in [-0.05, 0) is 58.7 Å². The van der Waals surface area contributed by atoms with Gasteiger partial charge in [-0.3, -0.25) is 0 Å². The molecule has 2 rings (SSSR count). The minimum Gasteiger partial charge on any atom is -0.497 e. The molecule has 1 atom stereocenters. The molecule has 0 aliphatic heterocycles. The molecule has 0 bridgehead atoms. The Morgan fingerprint density at radius 2 is 1.84 bits per heavy atom. The third-order valence-electron chi connectivity index (χ3n) is 2.92. The van der Waals surface area contributed by atoms with E-state index in [1.54, 1.807) is 7.11 Å². The molecule has 0 saturated heterocycles. The largest absolute Gasteiger partial charge is 0.497 e. The molecule has 0 aliphatic rings. The van der Waals surface area contributed by atoms with Crippen LogP contribution < -0.4 is 10.1 Å². The third-order valence-corrected chi connectivity index (χ3v) is 4.15. The van der Waals surface area contributed by atoms with E-state index in [0.717, 1.165) is 15.9 Å². The van der Waals surface area contributed by atoms with Crippen LogP contribution in [-0.4, -0.2) is 7.11 Å². The van der Waals surface area contributed by atoms with Crippen LogP contribution in [0, 0.1) is 0 Å². The number of methoxy groups -OCH3 is 1. The first-order valence-corrected chi connectivity index (χ1v) is 7.13. The summed E-state index contributed by atoms with van der Waals surface area (Å²) in [6.45, 7) is 2.11. The van der Waals surface area contributed by atoms with Crippen LogP contribution in [0.5, 0.6) is 5.75 Å². The first-order valence-electron chi connectivity index (χ1n) is 5.95. The van der Waals surface area contributed by atoms with Crippen molar-refractivity contribution in [2.75, 3.05) is 12.4 Å². The van der Waals surface area contributed by atoms with Gasteiger partial charge in [-0.25, -0.2) is 0 Å². The second-order valence-corrected chi connectivity index (χ2v) is 5.53. The average Bonchev–Trinajstić information content (AvgIpc) is 2.43. The molecule has 100 valence electrons. The molecular formula is C15H15BrClNO. The molecule has 0 aliphatic carbocycles. The Morgan fingerprint density at radius 1 is 1.16 bits per heavy atom. The smallest absolute Gasteiger partial charge is 0.118 e. The van der Waals surface area contributed by atoms with Crippen molar-refractivity contribution in [3.05, 3.63) is 57.5 Å². The predicted octanol–water partition coefficient (Wildman–Crippen LogP) is 5.28. The van der Waals surface area contributed by atoms with Gasteiger partial charge in [0.05, 0.1) is 12.1 Å². The zero-order chi connectivity index (χ0) is 13.8. The van der Waals surface area contributed by atoms with Gasteiger partial charge in [-0.1, -0.05) is 23.7 Å². The fourth-order valence-electron chi connectivity index (χ4n) is 1.81. The van der Waals surface area contributed by atoms with Crippen LogP contribution in [0.15, 0.2) is 46.9 Å². The first kappa shape index (κ1) is 14.2. The maximum Gasteiger partial charge on any atom is 0.118 e. The van der Waals surface area contributed by atoms with Gasteiger partial charge in [0.15, 0.2) is 0 Å². The summed E-state index contributed by atoms with van der Waals surface area (Å²) < 4.78 is 6.05. The number of nitrogens with one attached hydrogen (secondary N) is 1. The van der Waals surface area contributed by atoms with Crippen LogP contribution in [0.2, 0.25) is 5.02 Å². The van der Waals surface area contributed by atoms with E-state index in [1.807, 2.05) is 30.3 Å². The van der Waals surface area contributed by atoms with Crippen LogP contribution >= 0.6 is 27.5 Å². The molecule has 0 saturated carbocycles. The van der Waals surface area contributed by atoms with Gasteiger partial charge in [0.2, 0.25) is 0 Å². The number of rotatable bonds is 4. The first-order chi connectivity index (χ1) is 9.10. The lowest BCUT2D eigenvalue weighted by Crippen LogP contribution is -2.06. The van der Waals surface area contributed by atoms with Gasteiger partial charge in [-0.2, -0.15) is 0 Å². The highest BCUT2D eigenvalue weighted by Crippen LogP contribution is 2.28. The van der Waals surface area contributed by atoms with E-state index in [4.69, 9.17) is 16.3 Å². The lowest BCUT2D eigenvalue weighted by molar-refractivity contribution is 0.414. The van der Waals surface area contributed by atoms with E-state index < -0.39 is 0 Å². The fourth-order valence-corrected chi connectivity index (χ4v) is 2.24.